The summed E-state index contributed by atoms with van der Waals surface area (Å²) in [6, 6.07) is 6.56. The SMILES string of the molecule is CC1=C(CCl)CCCc2ccc(Br)cc21. The first-order valence-corrected chi connectivity index (χ1v) is 6.58. The summed E-state index contributed by atoms with van der Waals surface area (Å²) in [5, 5.41) is 0. The number of benzene rings is 1. The molecule has 1 aromatic rings. The van der Waals surface area contributed by atoms with E-state index >= 15 is 0 Å². The highest BCUT2D eigenvalue weighted by Gasteiger charge is 2.13. The molecule has 0 unspecified atom stereocenters. The van der Waals surface area contributed by atoms with E-state index in [1.807, 2.05) is 0 Å². The lowest BCUT2D eigenvalue weighted by atomic mass is 9.99. The van der Waals surface area contributed by atoms with E-state index in [0.717, 1.165) is 10.9 Å². The molecule has 0 bridgehead atoms. The van der Waals surface area contributed by atoms with Crippen molar-refractivity contribution in [2.24, 2.45) is 0 Å². The number of fused-ring (bicyclic) bond motifs is 1. The first-order valence-electron chi connectivity index (χ1n) is 5.25. The maximum Gasteiger partial charge on any atom is 0.0439 e. The van der Waals surface area contributed by atoms with Crippen LogP contribution in [-0.4, -0.2) is 5.88 Å². The Kier molecular flexibility index (Phi) is 3.53. The highest BCUT2D eigenvalue weighted by Crippen LogP contribution is 2.32. The third kappa shape index (κ3) is 2.29. The van der Waals surface area contributed by atoms with Gasteiger partial charge in [-0.25, -0.2) is 0 Å². The van der Waals surface area contributed by atoms with E-state index in [4.69, 9.17) is 11.6 Å². The second-order valence-corrected chi connectivity index (χ2v) is 5.20. The molecule has 0 nitrogen and oxygen atoms in total. The highest BCUT2D eigenvalue weighted by atomic mass is 79.9. The van der Waals surface area contributed by atoms with E-state index in [1.54, 1.807) is 0 Å². The first kappa shape index (κ1) is 11.2. The summed E-state index contributed by atoms with van der Waals surface area (Å²) in [5.74, 6) is 0.664. The summed E-state index contributed by atoms with van der Waals surface area (Å²) in [7, 11) is 0. The van der Waals surface area contributed by atoms with Crippen molar-refractivity contribution in [3.05, 3.63) is 39.4 Å². The molecule has 1 aliphatic carbocycles. The average molecular weight is 286 g/mol. The Hall–Kier alpha value is -0.270. The van der Waals surface area contributed by atoms with Gasteiger partial charge in [-0.05, 0) is 55.0 Å². The lowest BCUT2D eigenvalue weighted by molar-refractivity contribution is 0.824. The topological polar surface area (TPSA) is 0 Å². The van der Waals surface area contributed by atoms with Crippen LogP contribution in [0.5, 0.6) is 0 Å². The molecule has 1 aliphatic rings. The molecule has 0 aromatic heterocycles. The molecule has 0 N–H and O–H groups in total. The average Bonchev–Trinajstić information content (AvgIpc) is 2.39. The smallest absolute Gasteiger partial charge is 0.0439 e. The van der Waals surface area contributed by atoms with Crippen LogP contribution in [0.3, 0.4) is 0 Å². The van der Waals surface area contributed by atoms with Gasteiger partial charge in [0.25, 0.3) is 0 Å². The minimum Gasteiger partial charge on any atom is -0.122 e. The summed E-state index contributed by atoms with van der Waals surface area (Å²) < 4.78 is 1.15. The lowest BCUT2D eigenvalue weighted by Gasteiger charge is -2.09. The zero-order valence-electron chi connectivity index (χ0n) is 8.82. The molecular weight excluding hydrogens is 272 g/mol. The Morgan fingerprint density at radius 3 is 2.87 bits per heavy atom. The van der Waals surface area contributed by atoms with Gasteiger partial charge in [-0.2, -0.15) is 0 Å². The van der Waals surface area contributed by atoms with Crippen molar-refractivity contribution in [3.8, 4) is 0 Å². The standard InChI is InChI=1S/C13H14BrCl/c1-9-11(8-15)4-2-3-10-5-6-12(14)7-13(9)10/h5-7H,2-4,8H2,1H3. The second kappa shape index (κ2) is 4.71. The molecular formula is C13H14BrCl. The fourth-order valence-corrected chi connectivity index (χ4v) is 2.85. The lowest BCUT2D eigenvalue weighted by Crippen LogP contribution is -1.90. The van der Waals surface area contributed by atoms with Crippen LogP contribution in [0.15, 0.2) is 28.2 Å². The van der Waals surface area contributed by atoms with Gasteiger partial charge in [0.1, 0.15) is 0 Å². The van der Waals surface area contributed by atoms with Crippen molar-refractivity contribution in [1.82, 2.24) is 0 Å². The molecule has 0 radical (unpaired) electrons. The van der Waals surface area contributed by atoms with Gasteiger partial charge >= 0.3 is 0 Å². The van der Waals surface area contributed by atoms with Gasteiger partial charge in [-0.3, -0.25) is 0 Å². The molecule has 80 valence electrons. The molecule has 0 saturated heterocycles. The van der Waals surface area contributed by atoms with Crippen molar-refractivity contribution in [3.63, 3.8) is 0 Å². The third-order valence-electron chi connectivity index (χ3n) is 3.09. The van der Waals surface area contributed by atoms with E-state index in [9.17, 15) is 0 Å². The maximum absolute atomic E-state index is 5.98. The Labute approximate surface area is 104 Å². The summed E-state index contributed by atoms with van der Waals surface area (Å²) in [5.41, 5.74) is 5.60. The number of hydrogen-bond acceptors (Lipinski definition) is 0. The third-order valence-corrected chi connectivity index (χ3v) is 3.91. The summed E-state index contributed by atoms with van der Waals surface area (Å²) in [6.07, 6.45) is 3.52. The predicted molar refractivity (Wildman–Crippen MR) is 70.4 cm³/mol. The van der Waals surface area contributed by atoms with E-state index in [1.165, 1.54) is 35.1 Å². The van der Waals surface area contributed by atoms with Crippen molar-refractivity contribution >= 4 is 33.1 Å². The minimum absolute atomic E-state index is 0.664. The predicted octanol–water partition coefficient (Wildman–Crippen LogP) is 4.80. The maximum atomic E-state index is 5.98. The number of rotatable bonds is 1. The Bertz CT molecular complexity index is 407. The molecule has 1 aromatic carbocycles. The zero-order chi connectivity index (χ0) is 10.8. The molecule has 0 amide bonds. The van der Waals surface area contributed by atoms with Crippen LogP contribution in [0.2, 0.25) is 0 Å². The number of hydrogen-bond donors (Lipinski definition) is 0. The second-order valence-electron chi connectivity index (χ2n) is 4.02. The van der Waals surface area contributed by atoms with Gasteiger partial charge in [0.05, 0.1) is 0 Å². The van der Waals surface area contributed by atoms with Gasteiger partial charge in [0.2, 0.25) is 0 Å². The molecule has 2 heteroatoms. The monoisotopic (exact) mass is 284 g/mol. The highest BCUT2D eigenvalue weighted by molar-refractivity contribution is 9.10. The van der Waals surface area contributed by atoms with Crippen molar-refractivity contribution in [2.45, 2.75) is 26.2 Å². The van der Waals surface area contributed by atoms with Crippen LogP contribution >= 0.6 is 27.5 Å². The van der Waals surface area contributed by atoms with Crippen LogP contribution in [0.1, 0.15) is 30.9 Å². The van der Waals surface area contributed by atoms with Crippen molar-refractivity contribution < 1.29 is 0 Å². The van der Waals surface area contributed by atoms with Crippen LogP contribution in [0.25, 0.3) is 5.57 Å². The fourth-order valence-electron chi connectivity index (χ4n) is 2.15. The Morgan fingerprint density at radius 1 is 1.33 bits per heavy atom. The number of allylic oxidation sites excluding steroid dienone is 2. The first-order chi connectivity index (χ1) is 7.22. The fraction of sp³-hybridized carbons (Fsp3) is 0.385. The molecule has 0 fully saturated rings. The number of aryl methyl sites for hydroxylation is 1. The largest absolute Gasteiger partial charge is 0.122 e. The van der Waals surface area contributed by atoms with Crippen molar-refractivity contribution in [1.29, 1.82) is 0 Å². The zero-order valence-corrected chi connectivity index (χ0v) is 11.2. The summed E-state index contributed by atoms with van der Waals surface area (Å²) >= 11 is 9.51. The molecule has 15 heavy (non-hydrogen) atoms. The molecule has 0 atom stereocenters. The van der Waals surface area contributed by atoms with Crippen LogP contribution < -0.4 is 0 Å². The van der Waals surface area contributed by atoms with E-state index in [2.05, 4.69) is 41.1 Å². The summed E-state index contributed by atoms with van der Waals surface area (Å²) in [6.45, 7) is 2.19. The molecule has 2 rings (SSSR count). The van der Waals surface area contributed by atoms with Crippen LogP contribution in [-0.2, 0) is 6.42 Å². The normalized spacial score (nSPS) is 16.2. The Balaban J connectivity index is 2.56. The van der Waals surface area contributed by atoms with E-state index < -0.39 is 0 Å². The van der Waals surface area contributed by atoms with Crippen molar-refractivity contribution in [2.75, 3.05) is 5.88 Å². The molecule has 0 spiro atoms. The minimum atomic E-state index is 0.664. The Morgan fingerprint density at radius 2 is 2.13 bits per heavy atom. The molecule has 0 saturated carbocycles. The number of alkyl halides is 1. The number of halogens is 2. The van der Waals surface area contributed by atoms with Gasteiger partial charge in [0, 0.05) is 10.4 Å². The van der Waals surface area contributed by atoms with E-state index in [-0.39, 0.29) is 0 Å². The molecule has 0 heterocycles. The van der Waals surface area contributed by atoms with Gasteiger partial charge < -0.3 is 0 Å². The van der Waals surface area contributed by atoms with Crippen LogP contribution in [0.4, 0.5) is 0 Å². The van der Waals surface area contributed by atoms with Gasteiger partial charge in [-0.15, -0.1) is 11.6 Å². The van der Waals surface area contributed by atoms with Gasteiger partial charge in [0.15, 0.2) is 0 Å². The van der Waals surface area contributed by atoms with Gasteiger partial charge in [-0.1, -0.05) is 27.6 Å². The quantitative estimate of drug-likeness (QED) is 0.650. The molecule has 0 aliphatic heterocycles. The van der Waals surface area contributed by atoms with Crippen LogP contribution in [0, 0.1) is 0 Å². The summed E-state index contributed by atoms with van der Waals surface area (Å²) in [4.78, 5) is 0. The van der Waals surface area contributed by atoms with E-state index in [0.29, 0.717) is 5.88 Å².